The van der Waals surface area contributed by atoms with Crippen molar-refractivity contribution in [2.24, 2.45) is 5.92 Å². The minimum Gasteiger partial charge on any atom is -0.370 e. The summed E-state index contributed by atoms with van der Waals surface area (Å²) >= 11 is 6.12. The monoisotopic (exact) mass is 256 g/mol. The summed E-state index contributed by atoms with van der Waals surface area (Å²) in [5.41, 5.74) is 1.09. The molecule has 2 nitrogen and oxygen atoms in total. The Morgan fingerprint density at radius 1 is 1.25 bits per heavy atom. The first-order valence-electron chi connectivity index (χ1n) is 5.20. The van der Waals surface area contributed by atoms with Gasteiger partial charge in [0.05, 0.1) is 16.8 Å². The van der Waals surface area contributed by atoms with Gasteiger partial charge in [-0.15, -0.1) is 12.4 Å². The first-order valence-corrected chi connectivity index (χ1v) is 5.58. The molecule has 0 atom stereocenters. The van der Waals surface area contributed by atoms with E-state index in [0.29, 0.717) is 0 Å². The van der Waals surface area contributed by atoms with Crippen LogP contribution in [-0.4, -0.2) is 13.1 Å². The number of hydrogen-bond acceptors (Lipinski definition) is 2. The maximum atomic E-state index is 8.81. The zero-order chi connectivity index (χ0) is 10.7. The molecule has 0 radical (unpaired) electrons. The molecule has 2 rings (SSSR count). The molecule has 1 fully saturated rings. The predicted octanol–water partition coefficient (Wildman–Crippen LogP) is 3.50. The maximum absolute atomic E-state index is 8.81. The molecule has 1 saturated heterocycles. The third kappa shape index (κ3) is 2.81. The molecule has 0 unspecified atom stereocenters. The summed E-state index contributed by atoms with van der Waals surface area (Å²) in [6.45, 7) is 1.86. The number of benzene rings is 1. The van der Waals surface area contributed by atoms with Crippen LogP contribution in [0.1, 0.15) is 12.8 Å². The van der Waals surface area contributed by atoms with Gasteiger partial charge in [-0.1, -0.05) is 23.7 Å². The van der Waals surface area contributed by atoms with Crippen LogP contribution in [0.4, 0.5) is 5.69 Å². The van der Waals surface area contributed by atoms with Gasteiger partial charge in [-0.3, -0.25) is 0 Å². The molecule has 1 heterocycles. The van der Waals surface area contributed by atoms with Gasteiger partial charge < -0.3 is 4.90 Å². The molecule has 1 aliphatic heterocycles. The summed E-state index contributed by atoms with van der Waals surface area (Å²) in [6.07, 6.45) is 1.89. The normalized spacial score (nSPS) is 16.4. The van der Waals surface area contributed by atoms with Gasteiger partial charge in [-0.05, 0) is 25.0 Å². The fraction of sp³-hybridized carbons (Fsp3) is 0.417. The Kier molecular flexibility index (Phi) is 4.92. The molecule has 1 aliphatic rings. The second-order valence-electron chi connectivity index (χ2n) is 3.84. The van der Waals surface area contributed by atoms with Gasteiger partial charge in [-0.2, -0.15) is 5.26 Å². The summed E-state index contributed by atoms with van der Waals surface area (Å²) in [5, 5.41) is 9.61. The van der Waals surface area contributed by atoms with Crippen molar-refractivity contribution in [2.45, 2.75) is 12.8 Å². The van der Waals surface area contributed by atoms with E-state index in [1.807, 2.05) is 24.3 Å². The van der Waals surface area contributed by atoms with E-state index in [1.54, 1.807) is 0 Å². The number of halogens is 2. The highest BCUT2D eigenvalue weighted by atomic mass is 35.5. The van der Waals surface area contributed by atoms with Gasteiger partial charge in [0.2, 0.25) is 0 Å². The lowest BCUT2D eigenvalue weighted by atomic mass is 9.98. The van der Waals surface area contributed by atoms with E-state index in [2.05, 4.69) is 11.0 Å². The van der Waals surface area contributed by atoms with Crippen LogP contribution in [0, 0.1) is 17.2 Å². The summed E-state index contributed by atoms with van der Waals surface area (Å²) in [7, 11) is 0. The second kappa shape index (κ2) is 5.98. The number of anilines is 1. The quantitative estimate of drug-likeness (QED) is 0.769. The highest BCUT2D eigenvalue weighted by molar-refractivity contribution is 6.33. The molecular formula is C12H14Cl2N2. The smallest absolute Gasteiger partial charge is 0.0657 e. The summed E-state index contributed by atoms with van der Waals surface area (Å²) in [4.78, 5) is 2.26. The average molecular weight is 257 g/mol. The Morgan fingerprint density at radius 3 is 2.44 bits per heavy atom. The first kappa shape index (κ1) is 13.2. The maximum Gasteiger partial charge on any atom is 0.0657 e. The predicted molar refractivity (Wildman–Crippen MR) is 69.3 cm³/mol. The molecule has 86 valence electrons. The first-order chi connectivity index (χ1) is 7.31. The van der Waals surface area contributed by atoms with Crippen LogP contribution in [0.5, 0.6) is 0 Å². The Balaban J connectivity index is 0.00000128. The molecule has 1 aromatic carbocycles. The van der Waals surface area contributed by atoms with Crippen molar-refractivity contribution in [1.82, 2.24) is 0 Å². The van der Waals surface area contributed by atoms with Crippen molar-refractivity contribution in [3.8, 4) is 6.07 Å². The molecule has 16 heavy (non-hydrogen) atoms. The zero-order valence-corrected chi connectivity index (χ0v) is 10.5. The molecule has 0 N–H and O–H groups in total. The van der Waals surface area contributed by atoms with Crippen LogP contribution in [0.25, 0.3) is 0 Å². The van der Waals surface area contributed by atoms with E-state index in [0.717, 1.165) is 36.6 Å². The lowest BCUT2D eigenvalue weighted by Crippen LogP contribution is -2.33. The van der Waals surface area contributed by atoms with Crippen molar-refractivity contribution >= 4 is 29.7 Å². The number of para-hydroxylation sites is 1. The lowest BCUT2D eigenvalue weighted by molar-refractivity contribution is 0.488. The Hall–Kier alpha value is -0.910. The van der Waals surface area contributed by atoms with Gasteiger partial charge in [0.15, 0.2) is 0 Å². The molecule has 4 heteroatoms. The highest BCUT2D eigenvalue weighted by Crippen LogP contribution is 2.28. The van der Waals surface area contributed by atoms with Crippen LogP contribution in [0.2, 0.25) is 5.02 Å². The standard InChI is InChI=1S/C12H13ClN2.ClH/c13-11-3-1-2-4-12(11)15-7-5-10(9-14)6-8-15;/h1-4,10H,5-8H2;1H. The number of nitriles is 1. The van der Waals surface area contributed by atoms with Crippen molar-refractivity contribution < 1.29 is 0 Å². The molecule has 0 amide bonds. The van der Waals surface area contributed by atoms with Crippen molar-refractivity contribution in [2.75, 3.05) is 18.0 Å². The average Bonchev–Trinajstić information content (AvgIpc) is 2.30. The van der Waals surface area contributed by atoms with Crippen LogP contribution >= 0.6 is 24.0 Å². The molecule has 0 aromatic heterocycles. The lowest BCUT2D eigenvalue weighted by Gasteiger charge is -2.31. The molecule has 0 spiro atoms. The topological polar surface area (TPSA) is 27.0 Å². The Labute approximate surface area is 107 Å². The van der Waals surface area contributed by atoms with Crippen LogP contribution in [0.15, 0.2) is 24.3 Å². The van der Waals surface area contributed by atoms with E-state index in [9.17, 15) is 0 Å². The molecule has 0 saturated carbocycles. The van der Waals surface area contributed by atoms with Gasteiger partial charge in [0.1, 0.15) is 0 Å². The van der Waals surface area contributed by atoms with Gasteiger partial charge in [0.25, 0.3) is 0 Å². The third-order valence-corrected chi connectivity index (χ3v) is 3.19. The fourth-order valence-electron chi connectivity index (χ4n) is 1.96. The van der Waals surface area contributed by atoms with Crippen molar-refractivity contribution in [3.05, 3.63) is 29.3 Å². The number of hydrogen-bond donors (Lipinski definition) is 0. The summed E-state index contributed by atoms with van der Waals surface area (Å²) in [5.74, 6) is 0.226. The minimum absolute atomic E-state index is 0. The van der Waals surface area contributed by atoms with Gasteiger partial charge >= 0.3 is 0 Å². The van der Waals surface area contributed by atoms with E-state index < -0.39 is 0 Å². The van der Waals surface area contributed by atoms with Crippen LogP contribution in [0.3, 0.4) is 0 Å². The van der Waals surface area contributed by atoms with Crippen LogP contribution < -0.4 is 4.90 Å². The molecule has 1 aromatic rings. The largest absolute Gasteiger partial charge is 0.370 e. The molecular weight excluding hydrogens is 243 g/mol. The SMILES string of the molecule is Cl.N#CC1CCN(c2ccccc2Cl)CC1. The van der Waals surface area contributed by atoms with Gasteiger partial charge in [-0.25, -0.2) is 0 Å². The van der Waals surface area contributed by atoms with Crippen molar-refractivity contribution in [3.63, 3.8) is 0 Å². The zero-order valence-electron chi connectivity index (χ0n) is 8.90. The minimum atomic E-state index is 0. The summed E-state index contributed by atoms with van der Waals surface area (Å²) in [6, 6.07) is 10.2. The number of piperidine rings is 1. The third-order valence-electron chi connectivity index (χ3n) is 2.87. The van der Waals surface area contributed by atoms with Crippen molar-refractivity contribution in [1.29, 1.82) is 5.26 Å². The van der Waals surface area contributed by atoms with E-state index in [1.165, 1.54) is 0 Å². The molecule has 0 aliphatic carbocycles. The van der Waals surface area contributed by atoms with E-state index in [-0.39, 0.29) is 18.3 Å². The fourth-order valence-corrected chi connectivity index (χ4v) is 2.21. The van der Waals surface area contributed by atoms with Crippen LogP contribution in [-0.2, 0) is 0 Å². The van der Waals surface area contributed by atoms with E-state index in [4.69, 9.17) is 16.9 Å². The Bertz CT molecular complexity index is 379. The summed E-state index contributed by atoms with van der Waals surface area (Å²) < 4.78 is 0. The number of rotatable bonds is 1. The van der Waals surface area contributed by atoms with E-state index >= 15 is 0 Å². The second-order valence-corrected chi connectivity index (χ2v) is 4.25. The Morgan fingerprint density at radius 2 is 1.88 bits per heavy atom. The molecule has 0 bridgehead atoms. The number of nitrogens with zero attached hydrogens (tertiary/aromatic N) is 2. The highest BCUT2D eigenvalue weighted by Gasteiger charge is 2.19. The van der Waals surface area contributed by atoms with Gasteiger partial charge in [0, 0.05) is 19.0 Å².